The van der Waals surface area contributed by atoms with Gasteiger partial charge in [-0.1, -0.05) is 12.7 Å². The molecule has 1 aromatic carbocycles. The van der Waals surface area contributed by atoms with Crippen molar-refractivity contribution in [1.82, 2.24) is 0 Å². The summed E-state index contributed by atoms with van der Waals surface area (Å²) in [6.45, 7) is 7.64. The monoisotopic (exact) mass is 174 g/mol. The van der Waals surface area contributed by atoms with Crippen molar-refractivity contribution in [2.24, 2.45) is 4.99 Å². The minimum Gasteiger partial charge on any atom is -0.399 e. The van der Waals surface area contributed by atoms with Crippen LogP contribution >= 0.6 is 0 Å². The van der Waals surface area contributed by atoms with Crippen LogP contribution in [-0.2, 0) is 0 Å². The minimum atomic E-state index is 0.739. The first kappa shape index (κ1) is 9.52. The van der Waals surface area contributed by atoms with Gasteiger partial charge in [0, 0.05) is 17.0 Å². The third-order valence-corrected chi connectivity index (χ3v) is 1.62. The second-order valence-electron chi connectivity index (χ2n) is 3.08. The molecule has 13 heavy (non-hydrogen) atoms. The van der Waals surface area contributed by atoms with Crippen LogP contribution in [0.3, 0.4) is 0 Å². The SMILES string of the molecule is C=Cc1cc(N)ccc1N=C(C)C. The van der Waals surface area contributed by atoms with Crippen LogP contribution in [0.25, 0.3) is 6.08 Å². The Hall–Kier alpha value is -1.57. The van der Waals surface area contributed by atoms with E-state index in [0.717, 1.165) is 22.6 Å². The zero-order valence-corrected chi connectivity index (χ0v) is 8.04. The summed E-state index contributed by atoms with van der Waals surface area (Å²) >= 11 is 0. The Labute approximate surface area is 78.8 Å². The van der Waals surface area contributed by atoms with Crippen LogP contribution in [0.15, 0.2) is 29.8 Å². The molecule has 0 saturated carbocycles. The van der Waals surface area contributed by atoms with Crippen molar-refractivity contribution in [3.63, 3.8) is 0 Å². The molecule has 1 rings (SSSR count). The van der Waals surface area contributed by atoms with Crippen molar-refractivity contribution in [3.8, 4) is 0 Å². The first-order chi connectivity index (χ1) is 6.13. The molecule has 2 nitrogen and oxygen atoms in total. The fourth-order valence-corrected chi connectivity index (χ4v) is 1.08. The average Bonchev–Trinajstić information content (AvgIpc) is 2.07. The molecule has 2 N–H and O–H groups in total. The third kappa shape index (κ3) is 2.44. The fourth-order valence-electron chi connectivity index (χ4n) is 1.08. The van der Waals surface area contributed by atoms with Gasteiger partial charge in [-0.2, -0.15) is 0 Å². The second kappa shape index (κ2) is 3.90. The molecule has 0 heterocycles. The molecule has 0 spiro atoms. The van der Waals surface area contributed by atoms with Gasteiger partial charge in [-0.05, 0) is 32.0 Å². The van der Waals surface area contributed by atoms with Crippen molar-refractivity contribution in [2.45, 2.75) is 13.8 Å². The smallest absolute Gasteiger partial charge is 0.0702 e. The third-order valence-electron chi connectivity index (χ3n) is 1.62. The molecule has 0 aliphatic carbocycles. The first-order valence-corrected chi connectivity index (χ1v) is 4.17. The number of nitrogens with zero attached hydrogens (tertiary/aromatic N) is 1. The Kier molecular flexibility index (Phi) is 2.85. The zero-order valence-electron chi connectivity index (χ0n) is 8.04. The Bertz CT molecular complexity index is 347. The average molecular weight is 174 g/mol. The molecule has 0 saturated heterocycles. The number of rotatable bonds is 2. The van der Waals surface area contributed by atoms with Crippen LogP contribution in [0.1, 0.15) is 19.4 Å². The van der Waals surface area contributed by atoms with E-state index in [2.05, 4.69) is 11.6 Å². The van der Waals surface area contributed by atoms with E-state index in [4.69, 9.17) is 5.73 Å². The highest BCUT2D eigenvalue weighted by Gasteiger charge is 1.97. The van der Waals surface area contributed by atoms with Gasteiger partial charge < -0.3 is 5.73 Å². The fraction of sp³-hybridized carbons (Fsp3) is 0.182. The molecule has 0 amide bonds. The number of aliphatic imine (C=N–C) groups is 1. The summed E-state index contributed by atoms with van der Waals surface area (Å²) in [5.74, 6) is 0. The molecule has 0 bridgehead atoms. The van der Waals surface area contributed by atoms with E-state index < -0.39 is 0 Å². The van der Waals surface area contributed by atoms with Gasteiger partial charge in [0.2, 0.25) is 0 Å². The lowest BCUT2D eigenvalue weighted by Gasteiger charge is -2.02. The number of hydrogen-bond donors (Lipinski definition) is 1. The quantitative estimate of drug-likeness (QED) is 0.543. The van der Waals surface area contributed by atoms with Gasteiger partial charge in [0.15, 0.2) is 0 Å². The van der Waals surface area contributed by atoms with E-state index in [9.17, 15) is 0 Å². The summed E-state index contributed by atoms with van der Waals surface area (Å²) in [5.41, 5.74) is 9.29. The number of benzene rings is 1. The largest absolute Gasteiger partial charge is 0.399 e. The number of nitrogens with two attached hydrogens (primary N) is 1. The van der Waals surface area contributed by atoms with Gasteiger partial charge in [0.25, 0.3) is 0 Å². The van der Waals surface area contributed by atoms with Crippen LogP contribution in [-0.4, -0.2) is 5.71 Å². The van der Waals surface area contributed by atoms with Crippen LogP contribution in [0.4, 0.5) is 11.4 Å². The summed E-state index contributed by atoms with van der Waals surface area (Å²) in [4.78, 5) is 4.36. The predicted octanol–water partition coefficient (Wildman–Crippen LogP) is 3.02. The molecule has 0 unspecified atom stereocenters. The van der Waals surface area contributed by atoms with Gasteiger partial charge in [0.05, 0.1) is 5.69 Å². The van der Waals surface area contributed by atoms with Crippen LogP contribution in [0.2, 0.25) is 0 Å². The lowest BCUT2D eigenvalue weighted by Crippen LogP contribution is -1.86. The highest BCUT2D eigenvalue weighted by molar-refractivity contribution is 5.84. The van der Waals surface area contributed by atoms with Crippen LogP contribution in [0.5, 0.6) is 0 Å². The molecule has 0 aliphatic rings. The highest BCUT2D eigenvalue weighted by atomic mass is 14.7. The maximum atomic E-state index is 5.64. The molecule has 68 valence electrons. The Morgan fingerprint density at radius 1 is 1.46 bits per heavy atom. The van der Waals surface area contributed by atoms with Crippen molar-refractivity contribution >= 4 is 23.2 Å². The molecule has 0 atom stereocenters. The van der Waals surface area contributed by atoms with Crippen LogP contribution < -0.4 is 5.73 Å². The van der Waals surface area contributed by atoms with E-state index in [1.165, 1.54) is 0 Å². The second-order valence-corrected chi connectivity index (χ2v) is 3.08. The van der Waals surface area contributed by atoms with Crippen LogP contribution in [0, 0.1) is 0 Å². The minimum absolute atomic E-state index is 0.739. The Morgan fingerprint density at radius 3 is 2.69 bits per heavy atom. The Balaban J connectivity index is 3.21. The topological polar surface area (TPSA) is 38.4 Å². The van der Waals surface area contributed by atoms with Gasteiger partial charge in [-0.3, -0.25) is 4.99 Å². The standard InChI is InChI=1S/C11H14N2/c1-4-9-7-10(12)5-6-11(9)13-8(2)3/h4-7H,1,12H2,2-3H3. The first-order valence-electron chi connectivity index (χ1n) is 4.17. The molecular weight excluding hydrogens is 160 g/mol. The molecule has 0 radical (unpaired) electrons. The van der Waals surface area contributed by atoms with E-state index >= 15 is 0 Å². The van der Waals surface area contributed by atoms with Crippen molar-refractivity contribution in [1.29, 1.82) is 0 Å². The van der Waals surface area contributed by atoms with E-state index in [1.807, 2.05) is 32.0 Å². The normalized spacial score (nSPS) is 9.38. The lowest BCUT2D eigenvalue weighted by atomic mass is 10.1. The zero-order chi connectivity index (χ0) is 9.84. The molecule has 1 aromatic rings. The maximum absolute atomic E-state index is 5.64. The van der Waals surface area contributed by atoms with Gasteiger partial charge in [-0.25, -0.2) is 0 Å². The molecular formula is C11H14N2. The molecule has 0 aromatic heterocycles. The summed E-state index contributed by atoms with van der Waals surface area (Å²) in [5, 5.41) is 0. The molecule has 0 aliphatic heterocycles. The lowest BCUT2D eigenvalue weighted by molar-refractivity contribution is 1.46. The summed E-state index contributed by atoms with van der Waals surface area (Å²) in [7, 11) is 0. The van der Waals surface area contributed by atoms with Crippen molar-refractivity contribution in [3.05, 3.63) is 30.3 Å². The number of anilines is 1. The number of hydrogen-bond acceptors (Lipinski definition) is 2. The summed E-state index contributed by atoms with van der Waals surface area (Å²) in [6, 6.07) is 5.61. The number of nitrogen functional groups attached to an aromatic ring is 1. The van der Waals surface area contributed by atoms with E-state index in [1.54, 1.807) is 6.08 Å². The van der Waals surface area contributed by atoms with Crippen molar-refractivity contribution in [2.75, 3.05) is 5.73 Å². The highest BCUT2D eigenvalue weighted by Crippen LogP contribution is 2.22. The predicted molar refractivity (Wildman–Crippen MR) is 59.4 cm³/mol. The summed E-state index contributed by atoms with van der Waals surface area (Å²) in [6.07, 6.45) is 1.76. The van der Waals surface area contributed by atoms with E-state index in [-0.39, 0.29) is 0 Å². The molecule has 0 fully saturated rings. The van der Waals surface area contributed by atoms with Gasteiger partial charge >= 0.3 is 0 Å². The van der Waals surface area contributed by atoms with Gasteiger partial charge in [-0.15, -0.1) is 0 Å². The van der Waals surface area contributed by atoms with Gasteiger partial charge in [0.1, 0.15) is 0 Å². The summed E-state index contributed by atoms with van der Waals surface area (Å²) < 4.78 is 0. The maximum Gasteiger partial charge on any atom is 0.0702 e. The van der Waals surface area contributed by atoms with E-state index in [0.29, 0.717) is 0 Å². The Morgan fingerprint density at radius 2 is 2.15 bits per heavy atom. The molecule has 2 heteroatoms. The van der Waals surface area contributed by atoms with Crippen molar-refractivity contribution < 1.29 is 0 Å².